The zero-order chi connectivity index (χ0) is 11.2. The summed E-state index contributed by atoms with van der Waals surface area (Å²) in [5.74, 6) is 0. The van der Waals surface area contributed by atoms with E-state index in [1.807, 2.05) is 0 Å². The van der Waals surface area contributed by atoms with Gasteiger partial charge in [0.05, 0.1) is 0 Å². The lowest BCUT2D eigenvalue weighted by molar-refractivity contribution is 0.820. The molecule has 0 amide bonds. The SMILES string of the molecule is Cc1cccc(CCCc2ccccc2)c1. The molecule has 0 heteroatoms. The summed E-state index contributed by atoms with van der Waals surface area (Å²) < 4.78 is 0. The van der Waals surface area contributed by atoms with E-state index < -0.39 is 0 Å². The minimum atomic E-state index is 1.18. The van der Waals surface area contributed by atoms with Crippen LogP contribution in [0.25, 0.3) is 0 Å². The zero-order valence-corrected chi connectivity index (χ0v) is 9.82. The van der Waals surface area contributed by atoms with E-state index in [4.69, 9.17) is 0 Å². The molecule has 0 saturated heterocycles. The van der Waals surface area contributed by atoms with E-state index in [0.29, 0.717) is 0 Å². The van der Waals surface area contributed by atoms with Crippen LogP contribution in [0.4, 0.5) is 0 Å². The molecule has 0 radical (unpaired) electrons. The van der Waals surface area contributed by atoms with Crippen LogP contribution in [0.15, 0.2) is 54.6 Å². The number of rotatable bonds is 4. The van der Waals surface area contributed by atoms with E-state index in [1.54, 1.807) is 0 Å². The summed E-state index contributed by atoms with van der Waals surface area (Å²) in [7, 11) is 0. The van der Waals surface area contributed by atoms with Crippen LogP contribution in [-0.2, 0) is 12.8 Å². The molecule has 0 fully saturated rings. The highest BCUT2D eigenvalue weighted by atomic mass is 14.0. The predicted octanol–water partition coefficient (Wildman–Crippen LogP) is 4.17. The summed E-state index contributed by atoms with van der Waals surface area (Å²) in [6, 6.07) is 19.5. The number of hydrogen-bond acceptors (Lipinski definition) is 0. The van der Waals surface area contributed by atoms with Crippen LogP contribution < -0.4 is 0 Å². The van der Waals surface area contributed by atoms with Crippen LogP contribution in [0.3, 0.4) is 0 Å². The molecule has 2 rings (SSSR count). The predicted molar refractivity (Wildman–Crippen MR) is 69.6 cm³/mol. The second-order valence-corrected chi connectivity index (χ2v) is 4.33. The average molecular weight is 210 g/mol. The third-order valence-electron chi connectivity index (χ3n) is 2.86. The van der Waals surface area contributed by atoms with Crippen LogP contribution in [0.2, 0.25) is 0 Å². The molecule has 0 nitrogen and oxygen atoms in total. The largest absolute Gasteiger partial charge is 0.0622 e. The van der Waals surface area contributed by atoms with Crippen molar-refractivity contribution in [2.75, 3.05) is 0 Å². The first-order valence-electron chi connectivity index (χ1n) is 5.94. The first-order chi connectivity index (χ1) is 7.84. The van der Waals surface area contributed by atoms with Gasteiger partial charge in [0.1, 0.15) is 0 Å². The molecular weight excluding hydrogens is 192 g/mol. The van der Waals surface area contributed by atoms with Crippen LogP contribution >= 0.6 is 0 Å². The average Bonchev–Trinajstić information content (AvgIpc) is 2.30. The number of benzene rings is 2. The highest BCUT2D eigenvalue weighted by Crippen LogP contribution is 2.09. The number of aryl methyl sites for hydroxylation is 3. The second kappa shape index (κ2) is 5.50. The Bertz CT molecular complexity index is 429. The van der Waals surface area contributed by atoms with E-state index in [2.05, 4.69) is 61.5 Å². The van der Waals surface area contributed by atoms with Crippen LogP contribution in [0.5, 0.6) is 0 Å². The molecule has 0 aliphatic heterocycles. The van der Waals surface area contributed by atoms with Gasteiger partial charge in [-0.05, 0) is 37.3 Å². The molecule has 2 aromatic carbocycles. The molecule has 0 saturated carbocycles. The molecule has 0 aliphatic carbocycles. The quantitative estimate of drug-likeness (QED) is 0.710. The lowest BCUT2D eigenvalue weighted by atomic mass is 10.0. The molecule has 2 aromatic rings. The van der Waals surface area contributed by atoms with Crippen LogP contribution in [-0.4, -0.2) is 0 Å². The van der Waals surface area contributed by atoms with E-state index in [-0.39, 0.29) is 0 Å². The summed E-state index contributed by atoms with van der Waals surface area (Å²) in [4.78, 5) is 0. The van der Waals surface area contributed by atoms with Gasteiger partial charge in [-0.1, -0.05) is 60.2 Å². The number of hydrogen-bond donors (Lipinski definition) is 0. The van der Waals surface area contributed by atoms with Gasteiger partial charge in [0.25, 0.3) is 0 Å². The Balaban J connectivity index is 1.85. The van der Waals surface area contributed by atoms with Gasteiger partial charge in [0.2, 0.25) is 0 Å². The van der Waals surface area contributed by atoms with Crippen molar-refractivity contribution in [1.29, 1.82) is 0 Å². The second-order valence-electron chi connectivity index (χ2n) is 4.33. The van der Waals surface area contributed by atoms with Gasteiger partial charge in [-0.3, -0.25) is 0 Å². The highest BCUT2D eigenvalue weighted by Gasteiger charge is 1.95. The van der Waals surface area contributed by atoms with E-state index >= 15 is 0 Å². The third kappa shape index (κ3) is 3.23. The topological polar surface area (TPSA) is 0 Å². The summed E-state index contributed by atoms with van der Waals surface area (Å²) in [6.45, 7) is 2.15. The Morgan fingerprint density at radius 2 is 1.44 bits per heavy atom. The van der Waals surface area contributed by atoms with E-state index in [9.17, 15) is 0 Å². The summed E-state index contributed by atoms with van der Waals surface area (Å²) >= 11 is 0. The molecule has 16 heavy (non-hydrogen) atoms. The van der Waals surface area contributed by atoms with E-state index in [1.165, 1.54) is 36.0 Å². The molecule has 0 bridgehead atoms. The lowest BCUT2D eigenvalue weighted by Gasteiger charge is -2.03. The Hall–Kier alpha value is -1.56. The molecule has 0 spiro atoms. The van der Waals surface area contributed by atoms with Gasteiger partial charge in [-0.2, -0.15) is 0 Å². The fourth-order valence-electron chi connectivity index (χ4n) is 2.01. The maximum absolute atomic E-state index is 2.28. The fourth-order valence-corrected chi connectivity index (χ4v) is 2.01. The van der Waals surface area contributed by atoms with Gasteiger partial charge >= 0.3 is 0 Å². The Morgan fingerprint density at radius 1 is 0.750 bits per heavy atom. The van der Waals surface area contributed by atoms with Gasteiger partial charge < -0.3 is 0 Å². The monoisotopic (exact) mass is 210 g/mol. The van der Waals surface area contributed by atoms with Gasteiger partial charge in [0, 0.05) is 0 Å². The summed E-state index contributed by atoms with van der Waals surface area (Å²) in [5.41, 5.74) is 4.25. The molecule has 0 heterocycles. The third-order valence-corrected chi connectivity index (χ3v) is 2.86. The maximum Gasteiger partial charge on any atom is -0.0276 e. The molecule has 0 atom stereocenters. The van der Waals surface area contributed by atoms with Crippen molar-refractivity contribution in [3.8, 4) is 0 Å². The Kier molecular flexibility index (Phi) is 3.76. The van der Waals surface area contributed by atoms with Gasteiger partial charge in [-0.15, -0.1) is 0 Å². The first kappa shape index (κ1) is 10.9. The Labute approximate surface area is 97.9 Å². The van der Waals surface area contributed by atoms with Crippen LogP contribution in [0, 0.1) is 6.92 Å². The molecule has 0 N–H and O–H groups in total. The van der Waals surface area contributed by atoms with Crippen molar-refractivity contribution in [3.05, 3.63) is 71.3 Å². The Morgan fingerprint density at radius 3 is 2.19 bits per heavy atom. The van der Waals surface area contributed by atoms with Crippen molar-refractivity contribution >= 4 is 0 Å². The minimum Gasteiger partial charge on any atom is -0.0622 e. The van der Waals surface area contributed by atoms with E-state index in [0.717, 1.165) is 0 Å². The lowest BCUT2D eigenvalue weighted by Crippen LogP contribution is -1.90. The highest BCUT2D eigenvalue weighted by molar-refractivity contribution is 5.22. The minimum absolute atomic E-state index is 1.18. The molecule has 0 aliphatic rings. The molecule has 82 valence electrons. The van der Waals surface area contributed by atoms with Gasteiger partial charge in [-0.25, -0.2) is 0 Å². The molecule has 0 aromatic heterocycles. The van der Waals surface area contributed by atoms with Crippen molar-refractivity contribution in [1.82, 2.24) is 0 Å². The molecular formula is C16H18. The summed E-state index contributed by atoms with van der Waals surface area (Å²) in [6.07, 6.45) is 3.58. The maximum atomic E-state index is 2.28. The smallest absolute Gasteiger partial charge is 0.0276 e. The standard InChI is InChI=1S/C16H18/c1-14-7-5-11-16(13-14)12-6-10-15-8-3-2-4-9-15/h2-5,7-9,11,13H,6,10,12H2,1H3. The normalized spacial score (nSPS) is 10.3. The fraction of sp³-hybridized carbons (Fsp3) is 0.250. The van der Waals surface area contributed by atoms with Gasteiger partial charge in [0.15, 0.2) is 0 Å². The van der Waals surface area contributed by atoms with Crippen molar-refractivity contribution in [3.63, 3.8) is 0 Å². The zero-order valence-electron chi connectivity index (χ0n) is 9.82. The van der Waals surface area contributed by atoms with Crippen molar-refractivity contribution < 1.29 is 0 Å². The van der Waals surface area contributed by atoms with Crippen molar-refractivity contribution in [2.45, 2.75) is 26.2 Å². The van der Waals surface area contributed by atoms with Crippen LogP contribution in [0.1, 0.15) is 23.1 Å². The molecule has 0 unspecified atom stereocenters. The van der Waals surface area contributed by atoms with Crippen molar-refractivity contribution in [2.24, 2.45) is 0 Å². The summed E-state index contributed by atoms with van der Waals surface area (Å²) in [5, 5.41) is 0. The first-order valence-corrected chi connectivity index (χ1v) is 5.94.